The van der Waals surface area contributed by atoms with Crippen molar-refractivity contribution in [1.29, 1.82) is 0 Å². The molecule has 2 aromatic rings. The Hall–Kier alpha value is -3.06. The molecule has 7 heteroatoms. The maximum Gasteiger partial charge on any atom is 0.242 e. The summed E-state index contributed by atoms with van der Waals surface area (Å²) in [5.74, 6) is 0.276. The number of aliphatic imine (C=N–C) groups is 1. The first-order chi connectivity index (χ1) is 13.6. The van der Waals surface area contributed by atoms with Crippen LogP contribution in [0.1, 0.15) is 6.42 Å². The molecule has 1 N–H and O–H groups in total. The van der Waals surface area contributed by atoms with Crippen molar-refractivity contribution < 1.29 is 14.3 Å². The van der Waals surface area contributed by atoms with Crippen LogP contribution in [0, 0.1) is 0 Å². The summed E-state index contributed by atoms with van der Waals surface area (Å²) in [6.45, 7) is 4.06. The third kappa shape index (κ3) is 4.80. The predicted octanol–water partition coefficient (Wildman–Crippen LogP) is 3.84. The molecular formula is C21H21N3O3S. The van der Waals surface area contributed by atoms with Crippen LogP contribution in [0.2, 0.25) is 0 Å². The lowest BCUT2D eigenvalue weighted by Gasteiger charge is -2.13. The molecule has 0 bridgehead atoms. The molecule has 1 aliphatic heterocycles. The van der Waals surface area contributed by atoms with Crippen molar-refractivity contribution in [3.05, 3.63) is 67.3 Å². The lowest BCUT2D eigenvalue weighted by molar-refractivity contribution is -0.127. The number of hydrogen-bond donors (Lipinski definition) is 1. The molecule has 1 fully saturated rings. The van der Waals surface area contributed by atoms with E-state index in [0.29, 0.717) is 23.1 Å². The highest BCUT2D eigenvalue weighted by Gasteiger charge is 2.38. The molecule has 1 aliphatic rings. The number of thioether (sulfide) groups is 1. The number of methoxy groups -OCH3 is 1. The Morgan fingerprint density at radius 3 is 2.79 bits per heavy atom. The van der Waals surface area contributed by atoms with Gasteiger partial charge in [-0.05, 0) is 24.3 Å². The topological polar surface area (TPSA) is 71.0 Å². The Morgan fingerprint density at radius 1 is 1.29 bits per heavy atom. The SMILES string of the molecule is C=CCN1C(=O)[C@H](CC(=O)Nc2cccc(OC)c2)SC1=Nc1ccccc1. The first-order valence-corrected chi connectivity index (χ1v) is 9.65. The third-order valence-corrected chi connectivity index (χ3v) is 5.21. The minimum absolute atomic E-state index is 0.0577. The minimum atomic E-state index is -0.520. The van der Waals surface area contributed by atoms with Gasteiger partial charge >= 0.3 is 0 Å². The molecule has 0 spiro atoms. The highest BCUT2D eigenvalue weighted by molar-refractivity contribution is 8.15. The first-order valence-electron chi connectivity index (χ1n) is 8.77. The van der Waals surface area contributed by atoms with Gasteiger partial charge in [-0.3, -0.25) is 14.5 Å². The van der Waals surface area contributed by atoms with Crippen molar-refractivity contribution in [2.24, 2.45) is 4.99 Å². The summed E-state index contributed by atoms with van der Waals surface area (Å²) in [5, 5.41) is 2.87. The van der Waals surface area contributed by atoms with Crippen molar-refractivity contribution in [1.82, 2.24) is 4.90 Å². The van der Waals surface area contributed by atoms with Crippen LogP contribution in [-0.2, 0) is 9.59 Å². The van der Waals surface area contributed by atoms with Gasteiger partial charge in [-0.25, -0.2) is 4.99 Å². The zero-order chi connectivity index (χ0) is 19.9. The molecule has 28 heavy (non-hydrogen) atoms. The van der Waals surface area contributed by atoms with Gasteiger partial charge < -0.3 is 10.1 Å². The van der Waals surface area contributed by atoms with Crippen LogP contribution < -0.4 is 10.1 Å². The first kappa shape index (κ1) is 19.7. The van der Waals surface area contributed by atoms with Gasteiger partial charge in [-0.1, -0.05) is 42.1 Å². The number of hydrogen-bond acceptors (Lipinski definition) is 5. The van der Waals surface area contributed by atoms with Crippen LogP contribution in [-0.4, -0.2) is 40.8 Å². The maximum absolute atomic E-state index is 12.8. The van der Waals surface area contributed by atoms with Crippen molar-refractivity contribution in [2.75, 3.05) is 19.0 Å². The number of carbonyl (C=O) groups is 2. The quantitative estimate of drug-likeness (QED) is 0.723. The van der Waals surface area contributed by atoms with Crippen LogP contribution in [0.25, 0.3) is 0 Å². The number of ether oxygens (including phenoxy) is 1. The van der Waals surface area contributed by atoms with E-state index in [1.54, 1.807) is 42.4 Å². The molecule has 0 radical (unpaired) electrons. The zero-order valence-corrected chi connectivity index (χ0v) is 16.3. The van der Waals surface area contributed by atoms with Crippen LogP contribution in [0.3, 0.4) is 0 Å². The fourth-order valence-electron chi connectivity index (χ4n) is 2.72. The average Bonchev–Trinajstić information content (AvgIpc) is 2.98. The Morgan fingerprint density at radius 2 is 2.07 bits per heavy atom. The number of benzene rings is 2. The summed E-state index contributed by atoms with van der Waals surface area (Å²) in [4.78, 5) is 31.3. The largest absolute Gasteiger partial charge is 0.497 e. The number of rotatable bonds is 7. The van der Waals surface area contributed by atoms with Crippen LogP contribution in [0.5, 0.6) is 5.75 Å². The molecule has 144 valence electrons. The highest BCUT2D eigenvalue weighted by atomic mass is 32.2. The number of amides is 2. The molecule has 6 nitrogen and oxygen atoms in total. The predicted molar refractivity (Wildman–Crippen MR) is 113 cm³/mol. The molecule has 1 heterocycles. The standard InChI is InChI=1S/C21H21N3O3S/c1-3-12-24-20(26)18(28-21(24)23-15-8-5-4-6-9-15)14-19(25)22-16-10-7-11-17(13-16)27-2/h3-11,13,18H,1,12,14H2,2H3,(H,22,25)/t18-/m0/s1. The fourth-order valence-corrected chi connectivity index (χ4v) is 3.88. The number of carbonyl (C=O) groups excluding carboxylic acids is 2. The Balaban J connectivity index is 1.71. The molecule has 0 unspecified atom stereocenters. The molecular weight excluding hydrogens is 374 g/mol. The van der Waals surface area contributed by atoms with Gasteiger partial charge in [0.2, 0.25) is 11.8 Å². The lowest BCUT2D eigenvalue weighted by Crippen LogP contribution is -2.33. The molecule has 2 aromatic carbocycles. The van der Waals surface area contributed by atoms with E-state index in [2.05, 4.69) is 16.9 Å². The second kappa shape index (κ2) is 9.23. The minimum Gasteiger partial charge on any atom is -0.497 e. The molecule has 0 aliphatic carbocycles. The summed E-state index contributed by atoms with van der Waals surface area (Å²) in [7, 11) is 1.57. The monoisotopic (exact) mass is 395 g/mol. The Kier molecular flexibility index (Phi) is 6.49. The van der Waals surface area contributed by atoms with Crippen LogP contribution in [0.15, 0.2) is 72.2 Å². The van der Waals surface area contributed by atoms with E-state index in [-0.39, 0.29) is 18.2 Å². The molecule has 3 rings (SSSR count). The van der Waals surface area contributed by atoms with Gasteiger partial charge in [0, 0.05) is 24.7 Å². The molecule has 1 atom stereocenters. The molecule has 0 saturated carbocycles. The van der Waals surface area contributed by atoms with Gasteiger partial charge in [0.05, 0.1) is 12.8 Å². The van der Waals surface area contributed by atoms with E-state index in [1.807, 2.05) is 30.3 Å². The van der Waals surface area contributed by atoms with Crippen molar-refractivity contribution in [2.45, 2.75) is 11.7 Å². The Labute approximate surface area is 168 Å². The van der Waals surface area contributed by atoms with Gasteiger partial charge in [0.25, 0.3) is 0 Å². The summed E-state index contributed by atoms with van der Waals surface area (Å²) < 4.78 is 5.16. The van der Waals surface area contributed by atoms with Crippen molar-refractivity contribution >= 4 is 40.1 Å². The van der Waals surface area contributed by atoms with Crippen LogP contribution >= 0.6 is 11.8 Å². The van der Waals surface area contributed by atoms with Crippen molar-refractivity contribution in [3.8, 4) is 5.75 Å². The number of nitrogens with zero attached hydrogens (tertiary/aromatic N) is 2. The number of nitrogens with one attached hydrogen (secondary N) is 1. The average molecular weight is 395 g/mol. The Bertz CT molecular complexity index is 899. The molecule has 0 aromatic heterocycles. The number of anilines is 1. The third-order valence-electron chi connectivity index (χ3n) is 4.04. The van der Waals surface area contributed by atoms with E-state index in [9.17, 15) is 9.59 Å². The van der Waals surface area contributed by atoms with Crippen LogP contribution in [0.4, 0.5) is 11.4 Å². The number of para-hydroxylation sites is 1. The van der Waals surface area contributed by atoms with Gasteiger partial charge in [-0.2, -0.15) is 0 Å². The number of amidine groups is 1. The van der Waals surface area contributed by atoms with E-state index < -0.39 is 5.25 Å². The maximum atomic E-state index is 12.8. The van der Waals surface area contributed by atoms with E-state index in [4.69, 9.17) is 4.74 Å². The van der Waals surface area contributed by atoms with Gasteiger partial charge in [-0.15, -0.1) is 6.58 Å². The highest BCUT2D eigenvalue weighted by Crippen LogP contribution is 2.31. The van der Waals surface area contributed by atoms with Gasteiger partial charge in [0.1, 0.15) is 11.0 Å². The van der Waals surface area contributed by atoms with Gasteiger partial charge in [0.15, 0.2) is 5.17 Å². The summed E-state index contributed by atoms with van der Waals surface area (Å²) in [6.07, 6.45) is 1.71. The van der Waals surface area contributed by atoms with E-state index in [0.717, 1.165) is 5.69 Å². The normalized spacial score (nSPS) is 17.6. The second-order valence-corrected chi connectivity index (χ2v) is 7.23. The molecule has 2 amide bonds. The summed E-state index contributed by atoms with van der Waals surface area (Å²) in [5.41, 5.74) is 1.38. The smallest absolute Gasteiger partial charge is 0.242 e. The van der Waals surface area contributed by atoms with E-state index >= 15 is 0 Å². The molecule has 1 saturated heterocycles. The second-order valence-electron chi connectivity index (χ2n) is 6.06. The fraction of sp³-hybridized carbons (Fsp3) is 0.190. The lowest BCUT2D eigenvalue weighted by atomic mass is 10.2. The summed E-state index contributed by atoms with van der Waals surface area (Å²) >= 11 is 1.30. The van der Waals surface area contributed by atoms with E-state index in [1.165, 1.54) is 11.8 Å². The zero-order valence-electron chi connectivity index (χ0n) is 15.5. The summed E-state index contributed by atoms with van der Waals surface area (Å²) in [6, 6.07) is 16.5. The van der Waals surface area contributed by atoms with Crippen molar-refractivity contribution in [3.63, 3.8) is 0 Å².